The molecule has 0 aliphatic rings. The smallest absolute Gasteiger partial charge is 0.205 e. The molecule has 0 heterocycles. The topological polar surface area (TPSA) is 29.1 Å². The van der Waals surface area contributed by atoms with E-state index in [0.717, 1.165) is 32.5 Å². The average molecular weight is 458 g/mol. The van der Waals surface area contributed by atoms with Gasteiger partial charge in [-0.25, -0.2) is 5.09 Å². The van der Waals surface area contributed by atoms with E-state index in [2.05, 4.69) is 41.2 Å². The van der Waals surface area contributed by atoms with Gasteiger partial charge in [0.15, 0.2) is 0 Å². The molecular formula is C31H24NOP. The molecule has 0 aromatic heterocycles. The van der Waals surface area contributed by atoms with Gasteiger partial charge in [-0.15, -0.1) is 0 Å². The van der Waals surface area contributed by atoms with Gasteiger partial charge in [0, 0.05) is 16.2 Å². The molecule has 1 unspecified atom stereocenters. The molecule has 0 aliphatic carbocycles. The summed E-state index contributed by atoms with van der Waals surface area (Å²) in [6.45, 7) is 0. The number of fused-ring (bicyclic) bond motifs is 1. The number of benzene rings is 5. The monoisotopic (exact) mass is 457 g/mol. The molecular weight excluding hydrogens is 433 g/mol. The molecule has 1 N–H and O–H groups in total. The van der Waals surface area contributed by atoms with Crippen molar-refractivity contribution in [3.63, 3.8) is 0 Å². The molecule has 164 valence electrons. The van der Waals surface area contributed by atoms with Gasteiger partial charge in [-0.2, -0.15) is 0 Å². The molecule has 1 atom stereocenters. The molecule has 0 radical (unpaired) electrons. The minimum absolute atomic E-state index is 0.447. The first kappa shape index (κ1) is 21.9. The standard InChI is InChI=1S/C31H24NOP/c33-34(27-17-6-2-7-18-27,28-19-8-3-9-20-28)32-31(24-23-25-13-4-1-5-14-25)30-22-12-16-26-15-10-11-21-29(26)30/h1-22,31H,(H,32,33). The molecule has 3 heteroatoms. The molecule has 0 bridgehead atoms. The molecule has 0 saturated carbocycles. The highest BCUT2D eigenvalue weighted by Gasteiger charge is 2.30. The van der Waals surface area contributed by atoms with Crippen molar-refractivity contribution < 1.29 is 4.57 Å². The van der Waals surface area contributed by atoms with Crippen LogP contribution in [0.4, 0.5) is 0 Å². The van der Waals surface area contributed by atoms with Gasteiger partial charge in [0.2, 0.25) is 7.29 Å². The van der Waals surface area contributed by atoms with E-state index >= 15 is 0 Å². The number of rotatable bonds is 5. The summed E-state index contributed by atoms with van der Waals surface area (Å²) in [5.41, 5.74) is 1.93. The first-order chi connectivity index (χ1) is 16.7. The Hall–Kier alpha value is -3.89. The minimum atomic E-state index is -3.20. The third-order valence-electron chi connectivity index (χ3n) is 5.82. The van der Waals surface area contributed by atoms with Crippen LogP contribution in [-0.4, -0.2) is 0 Å². The van der Waals surface area contributed by atoms with Crippen LogP contribution in [0.5, 0.6) is 0 Å². The fraction of sp³-hybridized carbons (Fsp3) is 0.0323. The van der Waals surface area contributed by atoms with E-state index in [0.29, 0.717) is 0 Å². The van der Waals surface area contributed by atoms with Gasteiger partial charge in [-0.1, -0.05) is 109 Å². The molecule has 5 rings (SSSR count). The van der Waals surface area contributed by atoms with Crippen LogP contribution in [0.1, 0.15) is 17.2 Å². The Morgan fingerprint density at radius 1 is 0.588 bits per heavy atom. The Labute approximate surface area is 200 Å². The van der Waals surface area contributed by atoms with Crippen LogP contribution in [0.15, 0.2) is 133 Å². The fourth-order valence-electron chi connectivity index (χ4n) is 4.11. The third kappa shape index (κ3) is 4.59. The third-order valence-corrected chi connectivity index (χ3v) is 8.49. The van der Waals surface area contributed by atoms with E-state index in [9.17, 15) is 4.57 Å². The van der Waals surface area contributed by atoms with Crippen molar-refractivity contribution in [3.05, 3.63) is 145 Å². The van der Waals surface area contributed by atoms with E-state index in [4.69, 9.17) is 0 Å². The summed E-state index contributed by atoms with van der Waals surface area (Å²) in [5, 5.41) is 7.26. The lowest BCUT2D eigenvalue weighted by Crippen LogP contribution is -2.30. The van der Waals surface area contributed by atoms with Crippen LogP contribution < -0.4 is 15.7 Å². The van der Waals surface area contributed by atoms with E-state index in [1.165, 1.54) is 0 Å². The zero-order valence-electron chi connectivity index (χ0n) is 18.6. The molecule has 34 heavy (non-hydrogen) atoms. The van der Waals surface area contributed by atoms with Gasteiger partial charge >= 0.3 is 0 Å². The zero-order valence-corrected chi connectivity index (χ0v) is 19.5. The van der Waals surface area contributed by atoms with Gasteiger partial charge < -0.3 is 0 Å². The Bertz CT molecular complexity index is 1450. The quantitative estimate of drug-likeness (QED) is 0.243. The van der Waals surface area contributed by atoms with Crippen LogP contribution in [0.25, 0.3) is 10.8 Å². The van der Waals surface area contributed by atoms with Crippen LogP contribution >= 0.6 is 7.29 Å². The van der Waals surface area contributed by atoms with E-state index in [1.807, 2.05) is 109 Å². The Morgan fingerprint density at radius 3 is 1.76 bits per heavy atom. The summed E-state index contributed by atoms with van der Waals surface area (Å²) in [6, 6.07) is 43.2. The summed E-state index contributed by atoms with van der Waals surface area (Å²) in [6.07, 6.45) is 0. The number of nitrogens with one attached hydrogen (secondary N) is 1. The molecule has 5 aromatic rings. The van der Waals surface area contributed by atoms with Crippen molar-refractivity contribution in [3.8, 4) is 11.8 Å². The first-order valence-electron chi connectivity index (χ1n) is 11.3. The van der Waals surface area contributed by atoms with Crippen molar-refractivity contribution in [2.24, 2.45) is 0 Å². The van der Waals surface area contributed by atoms with Crippen molar-refractivity contribution in [1.82, 2.24) is 5.09 Å². The maximum atomic E-state index is 14.8. The number of hydrogen-bond donors (Lipinski definition) is 1. The molecule has 2 nitrogen and oxygen atoms in total. The van der Waals surface area contributed by atoms with Gasteiger partial charge in [0.25, 0.3) is 0 Å². The summed E-state index contributed by atoms with van der Waals surface area (Å²) >= 11 is 0. The lowest BCUT2D eigenvalue weighted by atomic mass is 9.99. The summed E-state index contributed by atoms with van der Waals surface area (Å²) in [5.74, 6) is 6.71. The van der Waals surface area contributed by atoms with Crippen LogP contribution in [0, 0.1) is 11.8 Å². The van der Waals surface area contributed by atoms with Crippen LogP contribution in [0.3, 0.4) is 0 Å². The molecule has 0 fully saturated rings. The van der Waals surface area contributed by atoms with Gasteiger partial charge in [0.05, 0.1) is 0 Å². The van der Waals surface area contributed by atoms with Crippen molar-refractivity contribution in [2.75, 3.05) is 0 Å². The highest BCUT2D eigenvalue weighted by atomic mass is 31.2. The largest absolute Gasteiger partial charge is 0.296 e. The summed E-state index contributed by atoms with van der Waals surface area (Å²) < 4.78 is 14.8. The molecule has 0 saturated heterocycles. The van der Waals surface area contributed by atoms with Crippen LogP contribution in [0.2, 0.25) is 0 Å². The maximum absolute atomic E-state index is 14.8. The molecule has 0 aliphatic heterocycles. The first-order valence-corrected chi connectivity index (χ1v) is 13.0. The lowest BCUT2D eigenvalue weighted by Gasteiger charge is -2.25. The average Bonchev–Trinajstić information content (AvgIpc) is 2.92. The highest BCUT2D eigenvalue weighted by molar-refractivity contribution is 7.76. The Morgan fingerprint density at radius 2 is 1.12 bits per heavy atom. The second kappa shape index (κ2) is 9.94. The van der Waals surface area contributed by atoms with Crippen LogP contribution in [-0.2, 0) is 4.57 Å². The van der Waals surface area contributed by atoms with E-state index in [1.54, 1.807) is 0 Å². The molecule has 5 aromatic carbocycles. The van der Waals surface area contributed by atoms with Gasteiger partial charge in [0.1, 0.15) is 6.04 Å². The minimum Gasteiger partial charge on any atom is -0.296 e. The summed E-state index contributed by atoms with van der Waals surface area (Å²) in [7, 11) is -3.20. The van der Waals surface area contributed by atoms with E-state index < -0.39 is 13.3 Å². The van der Waals surface area contributed by atoms with Crippen molar-refractivity contribution in [2.45, 2.75) is 6.04 Å². The predicted octanol–water partition coefficient (Wildman–Crippen LogP) is 6.45. The zero-order chi connectivity index (χ0) is 23.2. The molecule has 0 amide bonds. The maximum Gasteiger partial charge on any atom is 0.205 e. The fourth-order valence-corrected chi connectivity index (χ4v) is 6.46. The van der Waals surface area contributed by atoms with Crippen molar-refractivity contribution in [1.29, 1.82) is 0 Å². The molecule has 0 spiro atoms. The normalized spacial score (nSPS) is 12.0. The summed E-state index contributed by atoms with van der Waals surface area (Å²) in [4.78, 5) is 0. The Kier molecular flexibility index (Phi) is 6.41. The number of hydrogen-bond acceptors (Lipinski definition) is 1. The van der Waals surface area contributed by atoms with E-state index in [-0.39, 0.29) is 0 Å². The predicted molar refractivity (Wildman–Crippen MR) is 143 cm³/mol. The van der Waals surface area contributed by atoms with Crippen molar-refractivity contribution >= 4 is 28.7 Å². The second-order valence-corrected chi connectivity index (χ2v) is 10.6. The SMILES string of the molecule is O=P(NC(C#Cc1ccccc1)c1cccc2ccccc12)(c1ccccc1)c1ccccc1. The van der Waals surface area contributed by atoms with Gasteiger partial charge in [-0.05, 0) is 52.7 Å². The second-order valence-electron chi connectivity index (χ2n) is 8.05. The Balaban J connectivity index is 1.68. The highest BCUT2D eigenvalue weighted by Crippen LogP contribution is 2.42. The lowest BCUT2D eigenvalue weighted by molar-refractivity contribution is 0.575. The van der Waals surface area contributed by atoms with Gasteiger partial charge in [-0.3, -0.25) is 4.57 Å².